The molecule has 1 aliphatic rings. The van der Waals surface area contributed by atoms with Crippen molar-refractivity contribution >= 4 is 23.0 Å². The summed E-state index contributed by atoms with van der Waals surface area (Å²) in [6.45, 7) is 2.67. The van der Waals surface area contributed by atoms with Gasteiger partial charge in [0.05, 0.1) is 26.9 Å². The molecule has 9 nitrogen and oxygen atoms in total. The van der Waals surface area contributed by atoms with Gasteiger partial charge in [0.25, 0.3) is 5.91 Å². The van der Waals surface area contributed by atoms with Crippen LogP contribution in [0.25, 0.3) is 11.2 Å². The van der Waals surface area contributed by atoms with E-state index < -0.39 is 5.97 Å². The van der Waals surface area contributed by atoms with E-state index in [0.717, 1.165) is 55.0 Å². The number of carbonyl (C=O) groups is 2. The second kappa shape index (κ2) is 10.1. The average molecular weight is 467 g/mol. The molecule has 0 radical (unpaired) electrons. The number of hydrogen-bond acceptors (Lipinski definition) is 7. The Bertz CT molecular complexity index is 1200. The summed E-state index contributed by atoms with van der Waals surface area (Å²) in [5, 5.41) is 0. The molecule has 9 heteroatoms. The zero-order chi connectivity index (χ0) is 24.2. The van der Waals surface area contributed by atoms with E-state index in [1.807, 2.05) is 19.1 Å². The fourth-order valence-corrected chi connectivity index (χ4v) is 4.35. The van der Waals surface area contributed by atoms with Crippen LogP contribution in [0.5, 0.6) is 11.5 Å². The van der Waals surface area contributed by atoms with Crippen LogP contribution in [0.1, 0.15) is 46.7 Å². The average Bonchev–Trinajstić information content (AvgIpc) is 3.02. The first-order valence-corrected chi connectivity index (χ1v) is 11.4. The second-order valence-electron chi connectivity index (χ2n) is 8.43. The third kappa shape index (κ3) is 4.83. The van der Waals surface area contributed by atoms with Crippen molar-refractivity contribution in [2.45, 2.75) is 45.7 Å². The van der Waals surface area contributed by atoms with E-state index in [9.17, 15) is 9.59 Å². The summed E-state index contributed by atoms with van der Waals surface area (Å²) in [4.78, 5) is 37.0. The fourth-order valence-electron chi connectivity index (χ4n) is 4.35. The summed E-state index contributed by atoms with van der Waals surface area (Å²) in [6, 6.07) is 7.12. The molecule has 34 heavy (non-hydrogen) atoms. The largest absolute Gasteiger partial charge is 0.497 e. The number of amides is 1. The van der Waals surface area contributed by atoms with E-state index in [0.29, 0.717) is 22.6 Å². The van der Waals surface area contributed by atoms with Gasteiger partial charge >= 0.3 is 5.97 Å². The lowest BCUT2D eigenvalue weighted by Crippen LogP contribution is -2.36. The highest BCUT2D eigenvalue weighted by Gasteiger charge is 2.26. The summed E-state index contributed by atoms with van der Waals surface area (Å²) in [7, 11) is 4.44. The molecule has 0 atom stereocenters. The van der Waals surface area contributed by atoms with Crippen molar-refractivity contribution in [3.05, 3.63) is 46.9 Å². The van der Waals surface area contributed by atoms with Crippen LogP contribution in [0.2, 0.25) is 0 Å². The zero-order valence-corrected chi connectivity index (χ0v) is 20.1. The minimum absolute atomic E-state index is 0.165. The Labute approximate surface area is 198 Å². The molecule has 0 bridgehead atoms. The highest BCUT2D eigenvalue weighted by atomic mass is 16.5. The van der Waals surface area contributed by atoms with Crippen LogP contribution in [0.4, 0.5) is 0 Å². The maximum atomic E-state index is 13.8. The Morgan fingerprint density at radius 3 is 2.41 bits per heavy atom. The third-order valence-corrected chi connectivity index (χ3v) is 6.04. The normalized spacial score (nSPS) is 13.2. The predicted octanol–water partition coefficient (Wildman–Crippen LogP) is 3.30. The highest BCUT2D eigenvalue weighted by molar-refractivity contribution is 6.05. The number of imidazole rings is 1. The van der Waals surface area contributed by atoms with Crippen molar-refractivity contribution in [2.75, 3.05) is 27.9 Å². The Morgan fingerprint density at radius 2 is 1.74 bits per heavy atom. The molecule has 0 saturated carbocycles. The van der Waals surface area contributed by atoms with E-state index in [-0.39, 0.29) is 19.0 Å². The van der Waals surface area contributed by atoms with E-state index in [1.54, 1.807) is 26.4 Å². The number of nitrogens with zero attached hydrogens (tertiary/aromatic N) is 4. The number of aromatic nitrogens is 3. The van der Waals surface area contributed by atoms with Gasteiger partial charge in [-0.1, -0.05) is 6.42 Å². The number of carbonyl (C=O) groups excluding carboxylic acids is 2. The van der Waals surface area contributed by atoms with Gasteiger partial charge in [0.2, 0.25) is 0 Å². The van der Waals surface area contributed by atoms with E-state index in [1.165, 1.54) is 12.0 Å². The van der Waals surface area contributed by atoms with Crippen LogP contribution in [-0.4, -0.2) is 59.2 Å². The Kier molecular flexibility index (Phi) is 7.00. The molecule has 0 aliphatic carbocycles. The molecule has 3 aromatic rings. The molecule has 1 aromatic carbocycles. The van der Waals surface area contributed by atoms with Gasteiger partial charge < -0.3 is 23.7 Å². The Morgan fingerprint density at radius 1 is 1.00 bits per heavy atom. The third-order valence-electron chi connectivity index (χ3n) is 6.04. The number of rotatable bonds is 7. The summed E-state index contributed by atoms with van der Waals surface area (Å²) < 4.78 is 17.7. The summed E-state index contributed by atoms with van der Waals surface area (Å²) in [5.41, 5.74) is 3.22. The van der Waals surface area contributed by atoms with Crippen LogP contribution in [0.15, 0.2) is 24.3 Å². The number of aryl methyl sites for hydroxylation is 3. The molecule has 0 saturated heterocycles. The lowest BCUT2D eigenvalue weighted by molar-refractivity contribution is -0.141. The number of methoxy groups -OCH3 is 3. The topological polar surface area (TPSA) is 95.8 Å². The molecule has 2 aromatic heterocycles. The van der Waals surface area contributed by atoms with Gasteiger partial charge in [-0.2, -0.15) is 0 Å². The molecule has 1 aliphatic heterocycles. The number of esters is 1. The van der Waals surface area contributed by atoms with Crippen LogP contribution in [0, 0.1) is 6.92 Å². The van der Waals surface area contributed by atoms with Crippen molar-refractivity contribution in [1.29, 1.82) is 0 Å². The van der Waals surface area contributed by atoms with Gasteiger partial charge in [0.15, 0.2) is 5.65 Å². The van der Waals surface area contributed by atoms with Gasteiger partial charge in [0.1, 0.15) is 29.4 Å². The summed E-state index contributed by atoms with van der Waals surface area (Å²) in [6.07, 6.45) is 4.14. The molecule has 0 N–H and O–H groups in total. The van der Waals surface area contributed by atoms with Crippen molar-refractivity contribution < 1.29 is 23.8 Å². The number of fused-ring (bicyclic) bond motifs is 3. The molecular formula is C25H30N4O5. The van der Waals surface area contributed by atoms with Gasteiger partial charge in [-0.05, 0) is 43.5 Å². The molecule has 1 amide bonds. The van der Waals surface area contributed by atoms with Crippen LogP contribution < -0.4 is 9.47 Å². The Balaban J connectivity index is 1.76. The monoisotopic (exact) mass is 466 g/mol. The molecule has 0 spiro atoms. The summed E-state index contributed by atoms with van der Waals surface area (Å²) >= 11 is 0. The van der Waals surface area contributed by atoms with Crippen LogP contribution in [0.3, 0.4) is 0 Å². The highest BCUT2D eigenvalue weighted by Crippen LogP contribution is 2.27. The molecule has 180 valence electrons. The maximum absolute atomic E-state index is 13.8. The predicted molar refractivity (Wildman–Crippen MR) is 126 cm³/mol. The lowest BCUT2D eigenvalue weighted by atomic mass is 10.1. The standard InChI is InChI=1S/C25H30N4O5/c1-16-10-20(23-24(26-16)29-9-7-5-6-8-21(29)27-23)25(31)28(15-22(30)34-4)14-17-11-18(32-2)13-19(12-17)33-3/h10-13H,5-9,14-15H2,1-4H3. The number of ether oxygens (including phenoxy) is 3. The minimum Gasteiger partial charge on any atom is -0.497 e. The molecule has 4 rings (SSSR count). The first-order valence-electron chi connectivity index (χ1n) is 11.4. The number of benzene rings is 1. The van der Waals surface area contributed by atoms with E-state index in [2.05, 4.69) is 4.57 Å². The molecule has 3 heterocycles. The van der Waals surface area contributed by atoms with Crippen molar-refractivity contribution in [1.82, 2.24) is 19.4 Å². The first kappa shape index (κ1) is 23.5. The minimum atomic E-state index is -0.508. The van der Waals surface area contributed by atoms with Crippen molar-refractivity contribution in [3.63, 3.8) is 0 Å². The number of pyridine rings is 1. The Hall–Kier alpha value is -3.62. The van der Waals surface area contributed by atoms with E-state index >= 15 is 0 Å². The number of hydrogen-bond donors (Lipinski definition) is 0. The molecular weight excluding hydrogens is 436 g/mol. The SMILES string of the molecule is COC(=O)CN(Cc1cc(OC)cc(OC)c1)C(=O)c1cc(C)nc2c1nc1n2CCCCC1. The van der Waals surface area contributed by atoms with Crippen molar-refractivity contribution in [3.8, 4) is 11.5 Å². The second-order valence-corrected chi connectivity index (χ2v) is 8.43. The lowest BCUT2D eigenvalue weighted by Gasteiger charge is -2.22. The van der Waals surface area contributed by atoms with E-state index in [4.69, 9.17) is 24.2 Å². The van der Waals surface area contributed by atoms with Crippen molar-refractivity contribution in [2.24, 2.45) is 0 Å². The van der Waals surface area contributed by atoms with Crippen LogP contribution in [-0.2, 0) is 29.0 Å². The van der Waals surface area contributed by atoms with Gasteiger partial charge in [-0.25, -0.2) is 9.97 Å². The first-order chi connectivity index (χ1) is 16.4. The smallest absolute Gasteiger partial charge is 0.325 e. The van der Waals surface area contributed by atoms with Gasteiger partial charge in [-0.15, -0.1) is 0 Å². The fraction of sp³-hybridized carbons (Fsp3) is 0.440. The quantitative estimate of drug-likeness (QED) is 0.493. The molecule has 0 unspecified atom stereocenters. The maximum Gasteiger partial charge on any atom is 0.325 e. The van der Waals surface area contributed by atoms with Gasteiger partial charge in [-0.3, -0.25) is 9.59 Å². The molecule has 0 fully saturated rings. The van der Waals surface area contributed by atoms with Gasteiger partial charge in [0, 0.05) is 31.3 Å². The summed E-state index contributed by atoms with van der Waals surface area (Å²) in [5.74, 6) is 1.33. The zero-order valence-electron chi connectivity index (χ0n) is 20.1. The van der Waals surface area contributed by atoms with Crippen LogP contribution >= 0.6 is 0 Å².